The average molecular weight is 340 g/mol. The SMILES string of the molecule is COc1ccc(C=Nc2ccc(S(N)(=O)=O)cc2)c2ccccc12. The molecule has 122 valence electrons. The van der Waals surface area contributed by atoms with Crippen LogP contribution in [0.15, 0.2) is 70.6 Å². The lowest BCUT2D eigenvalue weighted by atomic mass is 10.0. The number of hydrogen-bond acceptors (Lipinski definition) is 4. The van der Waals surface area contributed by atoms with E-state index in [0.717, 1.165) is 22.1 Å². The summed E-state index contributed by atoms with van der Waals surface area (Å²) in [6.07, 6.45) is 1.74. The van der Waals surface area contributed by atoms with Crippen LogP contribution in [0.1, 0.15) is 5.56 Å². The second-order valence-electron chi connectivity index (χ2n) is 5.20. The van der Waals surface area contributed by atoms with Crippen LogP contribution in [0.2, 0.25) is 0 Å². The topological polar surface area (TPSA) is 81.8 Å². The predicted octanol–water partition coefficient (Wildman–Crippen LogP) is 3.25. The van der Waals surface area contributed by atoms with Gasteiger partial charge in [-0.15, -0.1) is 0 Å². The summed E-state index contributed by atoms with van der Waals surface area (Å²) < 4.78 is 27.9. The monoisotopic (exact) mass is 340 g/mol. The predicted molar refractivity (Wildman–Crippen MR) is 95.6 cm³/mol. The van der Waals surface area contributed by atoms with Gasteiger partial charge in [-0.1, -0.05) is 24.3 Å². The minimum atomic E-state index is -3.69. The van der Waals surface area contributed by atoms with Gasteiger partial charge in [0.05, 0.1) is 17.7 Å². The number of rotatable bonds is 4. The molecular formula is C18H16N2O3S. The lowest BCUT2D eigenvalue weighted by Gasteiger charge is -2.07. The number of nitrogens with two attached hydrogens (primary N) is 1. The average Bonchev–Trinajstić information content (AvgIpc) is 2.59. The lowest BCUT2D eigenvalue weighted by Crippen LogP contribution is -2.11. The molecule has 3 aromatic rings. The van der Waals surface area contributed by atoms with E-state index >= 15 is 0 Å². The highest BCUT2D eigenvalue weighted by Gasteiger charge is 2.07. The molecule has 0 aliphatic carbocycles. The van der Waals surface area contributed by atoms with E-state index in [1.54, 1.807) is 25.5 Å². The summed E-state index contributed by atoms with van der Waals surface area (Å²) >= 11 is 0. The molecule has 0 spiro atoms. The summed E-state index contributed by atoms with van der Waals surface area (Å²) in [6, 6.07) is 17.8. The van der Waals surface area contributed by atoms with E-state index in [1.165, 1.54) is 12.1 Å². The number of nitrogens with zero attached hydrogens (tertiary/aromatic N) is 1. The third-order valence-electron chi connectivity index (χ3n) is 3.66. The summed E-state index contributed by atoms with van der Waals surface area (Å²) in [5.74, 6) is 0.806. The van der Waals surface area contributed by atoms with Gasteiger partial charge in [-0.2, -0.15) is 0 Å². The number of fused-ring (bicyclic) bond motifs is 1. The summed E-state index contributed by atoms with van der Waals surface area (Å²) in [5.41, 5.74) is 1.59. The highest BCUT2D eigenvalue weighted by atomic mass is 32.2. The van der Waals surface area contributed by atoms with Crippen LogP contribution >= 0.6 is 0 Å². The zero-order chi connectivity index (χ0) is 17.2. The Kier molecular flexibility index (Phi) is 4.33. The molecule has 5 nitrogen and oxygen atoms in total. The van der Waals surface area contributed by atoms with Crippen molar-refractivity contribution in [1.82, 2.24) is 0 Å². The third kappa shape index (κ3) is 3.29. The number of ether oxygens (including phenoxy) is 1. The first-order valence-electron chi connectivity index (χ1n) is 7.22. The fourth-order valence-electron chi connectivity index (χ4n) is 2.45. The Morgan fingerprint density at radius 3 is 2.25 bits per heavy atom. The van der Waals surface area contributed by atoms with Crippen molar-refractivity contribution < 1.29 is 13.2 Å². The first kappa shape index (κ1) is 16.2. The number of sulfonamides is 1. The van der Waals surface area contributed by atoms with E-state index in [2.05, 4.69) is 4.99 Å². The molecule has 24 heavy (non-hydrogen) atoms. The summed E-state index contributed by atoms with van der Waals surface area (Å²) in [6.45, 7) is 0. The van der Waals surface area contributed by atoms with Crippen molar-refractivity contribution in [3.8, 4) is 5.75 Å². The fourth-order valence-corrected chi connectivity index (χ4v) is 2.97. The maximum Gasteiger partial charge on any atom is 0.238 e. The van der Waals surface area contributed by atoms with E-state index in [-0.39, 0.29) is 4.90 Å². The van der Waals surface area contributed by atoms with Crippen molar-refractivity contribution in [1.29, 1.82) is 0 Å². The second-order valence-corrected chi connectivity index (χ2v) is 6.76. The van der Waals surface area contributed by atoms with Gasteiger partial charge in [-0.3, -0.25) is 4.99 Å². The highest BCUT2D eigenvalue weighted by molar-refractivity contribution is 7.89. The van der Waals surface area contributed by atoms with Crippen LogP contribution in [0.5, 0.6) is 5.75 Å². The Morgan fingerprint density at radius 2 is 1.62 bits per heavy atom. The summed E-state index contributed by atoms with van der Waals surface area (Å²) in [5, 5.41) is 7.12. The largest absolute Gasteiger partial charge is 0.496 e. The minimum Gasteiger partial charge on any atom is -0.496 e. The highest BCUT2D eigenvalue weighted by Crippen LogP contribution is 2.28. The molecule has 2 N–H and O–H groups in total. The van der Waals surface area contributed by atoms with E-state index in [0.29, 0.717) is 5.69 Å². The summed E-state index contributed by atoms with van der Waals surface area (Å²) in [7, 11) is -2.05. The molecule has 0 fully saturated rings. The molecule has 0 aliphatic rings. The fraction of sp³-hybridized carbons (Fsp3) is 0.0556. The molecule has 0 radical (unpaired) electrons. The number of aliphatic imine (C=N–C) groups is 1. The molecule has 3 rings (SSSR count). The minimum absolute atomic E-state index is 0.0661. The standard InChI is InChI=1S/C18H16N2O3S/c1-23-18-11-6-13(16-4-2-3-5-17(16)18)12-20-14-7-9-15(10-8-14)24(19,21)22/h2-12H,1H3,(H2,19,21,22). The Morgan fingerprint density at radius 1 is 0.958 bits per heavy atom. The van der Waals surface area contributed by atoms with Gasteiger partial charge in [0.2, 0.25) is 10.0 Å². The van der Waals surface area contributed by atoms with Crippen LogP contribution < -0.4 is 9.88 Å². The molecule has 0 bridgehead atoms. The van der Waals surface area contributed by atoms with Crippen LogP contribution in [0.4, 0.5) is 5.69 Å². The van der Waals surface area contributed by atoms with E-state index in [9.17, 15) is 8.42 Å². The van der Waals surface area contributed by atoms with Crippen LogP contribution in [0, 0.1) is 0 Å². The molecule has 0 unspecified atom stereocenters. The van der Waals surface area contributed by atoms with Crippen LogP contribution in [0.25, 0.3) is 10.8 Å². The molecule has 0 atom stereocenters. The number of methoxy groups -OCH3 is 1. The van der Waals surface area contributed by atoms with Gasteiger partial charge in [0.15, 0.2) is 0 Å². The molecule has 0 aromatic heterocycles. The van der Waals surface area contributed by atoms with Crippen molar-refractivity contribution in [2.45, 2.75) is 4.90 Å². The first-order chi connectivity index (χ1) is 11.5. The Bertz CT molecular complexity index is 1010. The van der Waals surface area contributed by atoms with Gasteiger partial charge in [0.1, 0.15) is 5.75 Å². The molecular weight excluding hydrogens is 324 g/mol. The number of primary sulfonamides is 1. The van der Waals surface area contributed by atoms with Gasteiger partial charge in [-0.25, -0.2) is 13.6 Å². The van der Waals surface area contributed by atoms with Crippen LogP contribution in [0.3, 0.4) is 0 Å². The van der Waals surface area contributed by atoms with Crippen LogP contribution in [-0.4, -0.2) is 21.7 Å². The van der Waals surface area contributed by atoms with Gasteiger partial charge >= 0.3 is 0 Å². The Labute approximate surface area is 140 Å². The molecule has 3 aromatic carbocycles. The van der Waals surface area contributed by atoms with E-state index in [1.807, 2.05) is 36.4 Å². The van der Waals surface area contributed by atoms with E-state index < -0.39 is 10.0 Å². The second kappa shape index (κ2) is 6.43. The smallest absolute Gasteiger partial charge is 0.238 e. The summed E-state index contributed by atoms with van der Waals surface area (Å²) in [4.78, 5) is 4.47. The van der Waals surface area contributed by atoms with Crippen molar-refractivity contribution in [2.24, 2.45) is 10.1 Å². The van der Waals surface area contributed by atoms with Gasteiger partial charge in [-0.05, 0) is 41.8 Å². The first-order valence-corrected chi connectivity index (χ1v) is 8.76. The van der Waals surface area contributed by atoms with Crippen molar-refractivity contribution in [3.05, 3.63) is 66.2 Å². The Balaban J connectivity index is 1.97. The quantitative estimate of drug-likeness (QED) is 0.740. The zero-order valence-corrected chi connectivity index (χ0v) is 13.8. The zero-order valence-electron chi connectivity index (χ0n) is 13.0. The molecule has 0 aliphatic heterocycles. The molecule has 0 heterocycles. The van der Waals surface area contributed by atoms with Gasteiger partial charge in [0.25, 0.3) is 0 Å². The van der Waals surface area contributed by atoms with Crippen molar-refractivity contribution >= 4 is 32.7 Å². The van der Waals surface area contributed by atoms with Crippen molar-refractivity contribution in [3.63, 3.8) is 0 Å². The molecule has 0 saturated heterocycles. The maximum absolute atomic E-state index is 11.3. The van der Waals surface area contributed by atoms with Gasteiger partial charge in [0, 0.05) is 17.2 Å². The van der Waals surface area contributed by atoms with Crippen molar-refractivity contribution in [2.75, 3.05) is 7.11 Å². The molecule has 0 saturated carbocycles. The number of benzene rings is 3. The Hall–Kier alpha value is -2.70. The van der Waals surface area contributed by atoms with E-state index in [4.69, 9.17) is 9.88 Å². The maximum atomic E-state index is 11.3. The normalized spacial score (nSPS) is 11.9. The molecule has 0 amide bonds. The van der Waals surface area contributed by atoms with Gasteiger partial charge < -0.3 is 4.74 Å². The third-order valence-corrected chi connectivity index (χ3v) is 4.58. The van der Waals surface area contributed by atoms with Crippen LogP contribution in [-0.2, 0) is 10.0 Å². The molecule has 6 heteroatoms. The number of hydrogen-bond donors (Lipinski definition) is 1. The lowest BCUT2D eigenvalue weighted by molar-refractivity contribution is 0.420.